The highest BCUT2D eigenvalue weighted by Gasteiger charge is 2.23. The van der Waals surface area contributed by atoms with Gasteiger partial charge in [0, 0.05) is 22.0 Å². The van der Waals surface area contributed by atoms with E-state index in [4.69, 9.17) is 0 Å². The Morgan fingerprint density at radius 3 is 2.08 bits per heavy atom. The average Bonchev–Trinajstić information content (AvgIpc) is 3.40. The van der Waals surface area contributed by atoms with Crippen molar-refractivity contribution in [3.63, 3.8) is 0 Å². The van der Waals surface area contributed by atoms with Gasteiger partial charge in [-0.25, -0.2) is 0 Å². The first-order valence-corrected chi connectivity index (χ1v) is 12.4. The van der Waals surface area contributed by atoms with Gasteiger partial charge >= 0.3 is 0 Å². The molecule has 1 N–H and O–H groups in total. The minimum absolute atomic E-state index is 0.443. The number of aryl methyl sites for hydroxylation is 2. The molecule has 6 aromatic rings. The largest absolute Gasteiger partial charge is 0.389 e. The standard InChI is InChI=1S/C32H29N3O/c1-22-19-23(2)35(33-22)21-27(36)20-34-31(26-14-7-4-8-15-26)30(25-12-5-3-6-13-25)29-18-17-24-11-9-10-16-28(24)32(29)34/h3-19,27,36H,20-21H2,1-2H3/t27-/m1/s1. The molecule has 4 aromatic carbocycles. The first-order valence-electron chi connectivity index (χ1n) is 12.4. The number of fused-ring (bicyclic) bond motifs is 3. The Kier molecular flexibility index (Phi) is 5.67. The second kappa shape index (κ2) is 9.14. The summed E-state index contributed by atoms with van der Waals surface area (Å²) in [7, 11) is 0. The number of aliphatic hydroxyl groups excluding tert-OH is 1. The number of rotatable bonds is 6. The first kappa shape index (κ1) is 22.3. The lowest BCUT2D eigenvalue weighted by Gasteiger charge is -2.18. The van der Waals surface area contributed by atoms with E-state index < -0.39 is 6.10 Å². The van der Waals surface area contributed by atoms with Gasteiger partial charge in [0.25, 0.3) is 0 Å². The predicted molar refractivity (Wildman–Crippen MR) is 148 cm³/mol. The Hall–Kier alpha value is -4.15. The number of aliphatic hydroxyl groups is 1. The fraction of sp³-hybridized carbons (Fsp3) is 0.156. The van der Waals surface area contributed by atoms with Crippen LogP contribution >= 0.6 is 0 Å². The lowest BCUT2D eigenvalue weighted by molar-refractivity contribution is 0.131. The van der Waals surface area contributed by atoms with Crippen molar-refractivity contribution in [3.05, 3.63) is 115 Å². The molecule has 2 aromatic heterocycles. The molecule has 0 amide bonds. The van der Waals surface area contributed by atoms with Crippen LogP contribution in [-0.2, 0) is 13.1 Å². The topological polar surface area (TPSA) is 43.0 Å². The molecule has 0 spiro atoms. The van der Waals surface area contributed by atoms with E-state index in [9.17, 15) is 5.11 Å². The van der Waals surface area contributed by atoms with Gasteiger partial charge < -0.3 is 9.67 Å². The highest BCUT2D eigenvalue weighted by molar-refractivity contribution is 6.15. The molecule has 2 heterocycles. The second-order valence-corrected chi connectivity index (χ2v) is 9.51. The van der Waals surface area contributed by atoms with Crippen molar-refractivity contribution < 1.29 is 5.11 Å². The molecule has 36 heavy (non-hydrogen) atoms. The normalized spacial score (nSPS) is 12.4. The molecule has 178 valence electrons. The van der Waals surface area contributed by atoms with Crippen molar-refractivity contribution in [2.45, 2.75) is 33.0 Å². The van der Waals surface area contributed by atoms with E-state index >= 15 is 0 Å². The van der Waals surface area contributed by atoms with Gasteiger partial charge in [0.05, 0.1) is 36.1 Å². The number of hydrogen-bond acceptors (Lipinski definition) is 2. The molecule has 6 rings (SSSR count). The van der Waals surface area contributed by atoms with Crippen molar-refractivity contribution in [2.24, 2.45) is 0 Å². The molecule has 0 aliphatic heterocycles. The third-order valence-corrected chi connectivity index (χ3v) is 6.94. The number of aromatic nitrogens is 3. The SMILES string of the molecule is Cc1cc(C)n(C[C@H](O)Cn2c(-c3ccccc3)c(-c3ccccc3)c3ccc4ccccc4c32)n1. The van der Waals surface area contributed by atoms with Gasteiger partial charge in [0.1, 0.15) is 0 Å². The highest BCUT2D eigenvalue weighted by atomic mass is 16.3. The van der Waals surface area contributed by atoms with Crippen LogP contribution in [0.3, 0.4) is 0 Å². The Labute approximate surface area is 211 Å². The Bertz CT molecular complexity index is 1660. The van der Waals surface area contributed by atoms with Crippen molar-refractivity contribution >= 4 is 21.7 Å². The van der Waals surface area contributed by atoms with Crippen LogP contribution in [0.2, 0.25) is 0 Å². The molecular formula is C32H29N3O. The summed E-state index contributed by atoms with van der Waals surface area (Å²) in [4.78, 5) is 0. The van der Waals surface area contributed by atoms with E-state index in [-0.39, 0.29) is 0 Å². The van der Waals surface area contributed by atoms with Gasteiger partial charge in [0.15, 0.2) is 0 Å². The van der Waals surface area contributed by atoms with Crippen molar-refractivity contribution in [1.29, 1.82) is 0 Å². The van der Waals surface area contributed by atoms with Gasteiger partial charge in [-0.2, -0.15) is 5.10 Å². The number of hydrogen-bond donors (Lipinski definition) is 1. The zero-order valence-corrected chi connectivity index (χ0v) is 20.6. The summed E-state index contributed by atoms with van der Waals surface area (Å²) in [5, 5.41) is 19.5. The van der Waals surface area contributed by atoms with Crippen LogP contribution in [0.4, 0.5) is 0 Å². The molecule has 0 unspecified atom stereocenters. The van der Waals surface area contributed by atoms with Crippen LogP contribution in [0, 0.1) is 13.8 Å². The minimum atomic E-state index is -0.608. The predicted octanol–water partition coefficient (Wildman–Crippen LogP) is 7.00. The average molecular weight is 472 g/mol. The summed E-state index contributed by atoms with van der Waals surface area (Å²) in [6.07, 6.45) is -0.608. The summed E-state index contributed by atoms with van der Waals surface area (Å²) in [6.45, 7) is 4.92. The molecule has 0 saturated heterocycles. The van der Waals surface area contributed by atoms with Crippen LogP contribution < -0.4 is 0 Å². The van der Waals surface area contributed by atoms with Gasteiger partial charge in [-0.15, -0.1) is 0 Å². The third kappa shape index (κ3) is 3.90. The van der Waals surface area contributed by atoms with E-state index in [1.54, 1.807) is 0 Å². The monoisotopic (exact) mass is 471 g/mol. The molecule has 0 fully saturated rings. The molecular weight excluding hydrogens is 442 g/mol. The van der Waals surface area contributed by atoms with Crippen LogP contribution in [0.1, 0.15) is 11.4 Å². The van der Waals surface area contributed by atoms with Crippen LogP contribution in [0.15, 0.2) is 103 Å². The van der Waals surface area contributed by atoms with Gasteiger partial charge in [0.2, 0.25) is 0 Å². The lowest BCUT2D eigenvalue weighted by Crippen LogP contribution is -2.24. The van der Waals surface area contributed by atoms with Crippen LogP contribution in [0.5, 0.6) is 0 Å². The maximum Gasteiger partial charge on any atom is 0.0914 e. The van der Waals surface area contributed by atoms with E-state index in [2.05, 4.69) is 101 Å². The third-order valence-electron chi connectivity index (χ3n) is 6.94. The maximum absolute atomic E-state index is 11.4. The van der Waals surface area contributed by atoms with Gasteiger partial charge in [-0.05, 0) is 36.4 Å². The molecule has 1 atom stereocenters. The van der Waals surface area contributed by atoms with Crippen LogP contribution in [0.25, 0.3) is 44.1 Å². The minimum Gasteiger partial charge on any atom is -0.389 e. The molecule has 0 aliphatic rings. The molecule has 0 aliphatic carbocycles. The fourth-order valence-corrected chi connectivity index (χ4v) is 5.43. The summed E-state index contributed by atoms with van der Waals surface area (Å²) in [5.74, 6) is 0. The Balaban J connectivity index is 1.63. The fourth-order valence-electron chi connectivity index (χ4n) is 5.43. The van der Waals surface area contributed by atoms with Crippen molar-refractivity contribution in [1.82, 2.24) is 14.3 Å². The highest BCUT2D eigenvalue weighted by Crippen LogP contribution is 2.43. The quantitative estimate of drug-likeness (QED) is 0.284. The van der Waals surface area contributed by atoms with Crippen molar-refractivity contribution in [2.75, 3.05) is 0 Å². The molecule has 4 heteroatoms. The summed E-state index contributed by atoms with van der Waals surface area (Å²) in [5.41, 5.74) is 7.80. The lowest BCUT2D eigenvalue weighted by atomic mass is 9.97. The van der Waals surface area contributed by atoms with E-state index in [0.29, 0.717) is 13.1 Å². The molecule has 0 radical (unpaired) electrons. The Morgan fingerprint density at radius 2 is 1.39 bits per heavy atom. The smallest absolute Gasteiger partial charge is 0.0914 e. The summed E-state index contributed by atoms with van der Waals surface area (Å²) >= 11 is 0. The van der Waals surface area contributed by atoms with E-state index in [0.717, 1.165) is 28.2 Å². The molecule has 0 bridgehead atoms. The zero-order chi connectivity index (χ0) is 24.6. The molecule has 0 saturated carbocycles. The van der Waals surface area contributed by atoms with Gasteiger partial charge in [-0.3, -0.25) is 4.68 Å². The Morgan fingerprint density at radius 1 is 0.722 bits per heavy atom. The number of benzene rings is 4. The van der Waals surface area contributed by atoms with Gasteiger partial charge in [-0.1, -0.05) is 97.1 Å². The van der Waals surface area contributed by atoms with E-state index in [1.807, 2.05) is 30.7 Å². The maximum atomic E-state index is 11.4. The first-order chi connectivity index (χ1) is 17.6. The van der Waals surface area contributed by atoms with Crippen LogP contribution in [-0.4, -0.2) is 25.6 Å². The van der Waals surface area contributed by atoms with Crippen molar-refractivity contribution in [3.8, 4) is 22.4 Å². The zero-order valence-electron chi connectivity index (χ0n) is 20.6. The summed E-state index contributed by atoms with van der Waals surface area (Å²) < 4.78 is 4.23. The number of nitrogens with zero attached hydrogens (tertiary/aromatic N) is 3. The summed E-state index contributed by atoms with van der Waals surface area (Å²) in [6, 6.07) is 36.1. The molecule has 4 nitrogen and oxygen atoms in total. The van der Waals surface area contributed by atoms with E-state index in [1.165, 1.54) is 27.3 Å². The second-order valence-electron chi connectivity index (χ2n) is 9.51.